The van der Waals surface area contributed by atoms with Gasteiger partial charge in [-0.05, 0) is 49.4 Å². The van der Waals surface area contributed by atoms with Gasteiger partial charge in [-0.1, -0.05) is 0 Å². The third kappa shape index (κ3) is 4.00. The lowest BCUT2D eigenvalue weighted by Crippen LogP contribution is -2.16. The minimum absolute atomic E-state index is 0.0873. The van der Waals surface area contributed by atoms with Crippen LogP contribution in [0.3, 0.4) is 0 Å². The summed E-state index contributed by atoms with van der Waals surface area (Å²) in [6, 6.07) is 7.30. The van der Waals surface area contributed by atoms with Crippen LogP contribution in [-0.4, -0.2) is 11.8 Å². The third-order valence-electron chi connectivity index (χ3n) is 3.75. The van der Waals surface area contributed by atoms with Crippen LogP contribution in [0.5, 0.6) is 0 Å². The van der Waals surface area contributed by atoms with Crippen LogP contribution in [-0.2, 0) is 0 Å². The maximum absolute atomic E-state index is 14.0. The second-order valence-corrected chi connectivity index (χ2v) is 5.62. The molecule has 2 N–H and O–H groups in total. The fraction of sp³-hybridized carbons (Fsp3) is 0.0526. The van der Waals surface area contributed by atoms with Crippen LogP contribution >= 0.6 is 0 Å². The zero-order valence-corrected chi connectivity index (χ0v) is 14.0. The molecule has 0 atom stereocenters. The maximum atomic E-state index is 14.0. The van der Waals surface area contributed by atoms with Crippen LogP contribution < -0.4 is 10.6 Å². The second kappa shape index (κ2) is 7.36. The van der Waals surface area contributed by atoms with Gasteiger partial charge in [0.2, 0.25) is 0 Å². The topological polar surface area (TPSA) is 71.3 Å². The first-order valence-electron chi connectivity index (χ1n) is 7.76. The average molecular weight is 374 g/mol. The summed E-state index contributed by atoms with van der Waals surface area (Å²) in [5, 5.41) is 4.70. The van der Waals surface area contributed by atoms with Gasteiger partial charge in [0.1, 0.15) is 23.2 Å². The Morgan fingerprint density at radius 3 is 2.26 bits per heavy atom. The van der Waals surface area contributed by atoms with Gasteiger partial charge in [0, 0.05) is 5.69 Å². The molecule has 1 heterocycles. The zero-order valence-electron chi connectivity index (χ0n) is 14.0. The van der Waals surface area contributed by atoms with Gasteiger partial charge in [-0.15, -0.1) is 0 Å². The molecular weight excluding hydrogens is 361 g/mol. The third-order valence-corrected chi connectivity index (χ3v) is 3.75. The first-order valence-corrected chi connectivity index (χ1v) is 7.76. The van der Waals surface area contributed by atoms with E-state index in [0.717, 1.165) is 30.3 Å². The van der Waals surface area contributed by atoms with Crippen LogP contribution in [0.4, 0.5) is 24.5 Å². The van der Waals surface area contributed by atoms with Crippen LogP contribution in [0.1, 0.15) is 26.5 Å². The Morgan fingerprint density at radius 1 is 0.852 bits per heavy atom. The van der Waals surface area contributed by atoms with Crippen molar-refractivity contribution < 1.29 is 27.2 Å². The molecule has 0 unspecified atom stereocenters. The standard InChI is InChI=1S/C19H13F3N2O3/c1-10-13(6-7-27-10)18(25)24-17-9-12(3-5-16(17)22)23-19(26)14-8-11(20)2-4-15(14)21/h2-9H,1H3,(H,23,26)(H,24,25). The molecule has 0 saturated carbocycles. The maximum Gasteiger partial charge on any atom is 0.259 e. The van der Waals surface area contributed by atoms with Gasteiger partial charge in [0.25, 0.3) is 11.8 Å². The molecule has 27 heavy (non-hydrogen) atoms. The molecule has 0 aliphatic rings. The number of hydrogen-bond donors (Lipinski definition) is 2. The number of furan rings is 1. The van der Waals surface area contributed by atoms with Gasteiger partial charge in [-0.3, -0.25) is 9.59 Å². The zero-order chi connectivity index (χ0) is 19.6. The summed E-state index contributed by atoms with van der Waals surface area (Å²) >= 11 is 0. The first-order chi connectivity index (χ1) is 12.8. The Kier molecular flexibility index (Phi) is 4.98. The Bertz CT molecular complexity index is 1030. The van der Waals surface area contributed by atoms with E-state index in [1.165, 1.54) is 18.4 Å². The molecule has 5 nitrogen and oxygen atoms in total. The summed E-state index contributed by atoms with van der Waals surface area (Å²) in [5.74, 6) is -3.57. The molecule has 0 saturated heterocycles. The highest BCUT2D eigenvalue weighted by Gasteiger charge is 2.16. The molecule has 8 heteroatoms. The minimum Gasteiger partial charge on any atom is -0.469 e. The number of amides is 2. The molecule has 3 rings (SSSR count). The molecule has 0 spiro atoms. The summed E-state index contributed by atoms with van der Waals surface area (Å²) in [6.07, 6.45) is 1.32. The number of benzene rings is 2. The summed E-state index contributed by atoms with van der Waals surface area (Å²) in [6.45, 7) is 1.58. The van der Waals surface area contributed by atoms with Crippen molar-refractivity contribution in [2.75, 3.05) is 10.6 Å². The van der Waals surface area contributed by atoms with Gasteiger partial charge in [0.15, 0.2) is 0 Å². The molecule has 0 radical (unpaired) electrons. The lowest BCUT2D eigenvalue weighted by atomic mass is 10.1. The molecule has 1 aromatic heterocycles. The van der Waals surface area contributed by atoms with E-state index in [0.29, 0.717) is 5.76 Å². The predicted octanol–water partition coefficient (Wildman–Crippen LogP) is 4.51. The average Bonchev–Trinajstić information content (AvgIpc) is 3.06. The van der Waals surface area contributed by atoms with E-state index in [4.69, 9.17) is 4.42 Å². The number of rotatable bonds is 4. The highest BCUT2D eigenvalue weighted by atomic mass is 19.1. The monoisotopic (exact) mass is 374 g/mol. The van der Waals surface area contributed by atoms with Crippen molar-refractivity contribution >= 4 is 23.2 Å². The van der Waals surface area contributed by atoms with Crippen LogP contribution in [0.2, 0.25) is 0 Å². The number of hydrogen-bond acceptors (Lipinski definition) is 3. The number of carbonyl (C=O) groups excluding carboxylic acids is 2. The molecular formula is C19H13F3N2O3. The number of carbonyl (C=O) groups is 2. The van der Waals surface area contributed by atoms with Crippen molar-refractivity contribution in [2.24, 2.45) is 0 Å². The lowest BCUT2D eigenvalue weighted by Gasteiger charge is -2.10. The number of nitrogens with one attached hydrogen (secondary N) is 2. The van der Waals surface area contributed by atoms with Crippen molar-refractivity contribution in [3.63, 3.8) is 0 Å². The van der Waals surface area contributed by atoms with Gasteiger partial charge in [-0.25, -0.2) is 13.2 Å². The van der Waals surface area contributed by atoms with E-state index in [9.17, 15) is 22.8 Å². The van der Waals surface area contributed by atoms with E-state index in [1.54, 1.807) is 6.92 Å². The number of aryl methyl sites for hydroxylation is 1. The normalized spacial score (nSPS) is 10.5. The van der Waals surface area contributed by atoms with E-state index in [2.05, 4.69) is 10.6 Å². The lowest BCUT2D eigenvalue weighted by molar-refractivity contribution is 0.101. The number of anilines is 2. The SMILES string of the molecule is Cc1occc1C(=O)Nc1cc(NC(=O)c2cc(F)ccc2F)ccc1F. The van der Waals surface area contributed by atoms with Crippen LogP contribution in [0.25, 0.3) is 0 Å². The Labute approximate surface area is 151 Å². The van der Waals surface area contributed by atoms with Crippen molar-refractivity contribution in [2.45, 2.75) is 6.92 Å². The summed E-state index contributed by atoms with van der Waals surface area (Å²) in [7, 11) is 0. The van der Waals surface area contributed by atoms with Gasteiger partial charge < -0.3 is 15.1 Å². The number of halogens is 3. The smallest absolute Gasteiger partial charge is 0.259 e. The Balaban J connectivity index is 1.81. The molecule has 3 aromatic rings. The van der Waals surface area contributed by atoms with E-state index in [1.807, 2.05) is 0 Å². The molecule has 2 amide bonds. The van der Waals surface area contributed by atoms with Crippen molar-refractivity contribution in [3.8, 4) is 0 Å². The van der Waals surface area contributed by atoms with Crippen LogP contribution in [0.15, 0.2) is 53.1 Å². The molecule has 0 fully saturated rings. The van der Waals surface area contributed by atoms with Gasteiger partial charge >= 0.3 is 0 Å². The quantitative estimate of drug-likeness (QED) is 0.706. The minimum atomic E-state index is -0.915. The molecule has 0 aliphatic heterocycles. The first kappa shape index (κ1) is 18.2. The molecule has 0 aliphatic carbocycles. The fourth-order valence-corrected chi connectivity index (χ4v) is 2.38. The second-order valence-electron chi connectivity index (χ2n) is 5.62. The van der Waals surface area contributed by atoms with Gasteiger partial charge in [-0.2, -0.15) is 0 Å². The molecule has 138 valence electrons. The Hall–Kier alpha value is -3.55. The van der Waals surface area contributed by atoms with Gasteiger partial charge in [0.05, 0.1) is 23.1 Å². The highest BCUT2D eigenvalue weighted by molar-refractivity contribution is 6.06. The highest BCUT2D eigenvalue weighted by Crippen LogP contribution is 2.22. The fourth-order valence-electron chi connectivity index (χ4n) is 2.38. The van der Waals surface area contributed by atoms with Crippen molar-refractivity contribution in [1.82, 2.24) is 0 Å². The van der Waals surface area contributed by atoms with E-state index < -0.39 is 34.8 Å². The summed E-state index contributed by atoms with van der Waals surface area (Å²) in [5.41, 5.74) is -0.382. The van der Waals surface area contributed by atoms with Crippen LogP contribution in [0, 0.1) is 24.4 Å². The van der Waals surface area contributed by atoms with Crippen molar-refractivity contribution in [1.29, 1.82) is 0 Å². The largest absolute Gasteiger partial charge is 0.469 e. The van der Waals surface area contributed by atoms with E-state index >= 15 is 0 Å². The summed E-state index contributed by atoms with van der Waals surface area (Å²) < 4.78 is 45.9. The summed E-state index contributed by atoms with van der Waals surface area (Å²) in [4.78, 5) is 24.3. The predicted molar refractivity (Wildman–Crippen MR) is 92.1 cm³/mol. The molecule has 2 aromatic carbocycles. The molecule has 0 bridgehead atoms. The van der Waals surface area contributed by atoms with E-state index in [-0.39, 0.29) is 16.9 Å². The Morgan fingerprint density at radius 2 is 1.56 bits per heavy atom. The van der Waals surface area contributed by atoms with Crippen molar-refractivity contribution in [3.05, 3.63) is 83.1 Å².